The summed E-state index contributed by atoms with van der Waals surface area (Å²) in [4.78, 5) is 4.17. The van der Waals surface area contributed by atoms with Crippen molar-refractivity contribution in [2.24, 2.45) is 0 Å². The fourth-order valence-electron chi connectivity index (χ4n) is 1.57. The number of nitrogens with two attached hydrogens (primary N) is 1. The maximum atomic E-state index is 13.6. The molecule has 0 amide bonds. The van der Waals surface area contributed by atoms with Crippen LogP contribution in [0.3, 0.4) is 0 Å². The SMILES string of the molecule is COc1cc(-c2ccc(C)nc2)cc(F)c1N. The van der Waals surface area contributed by atoms with Gasteiger partial charge in [-0.1, -0.05) is 6.07 Å². The van der Waals surface area contributed by atoms with Gasteiger partial charge < -0.3 is 10.5 Å². The molecule has 1 aromatic carbocycles. The Morgan fingerprint density at radius 3 is 2.59 bits per heavy atom. The first-order valence-corrected chi connectivity index (χ1v) is 5.18. The number of ether oxygens (including phenoxy) is 1. The largest absolute Gasteiger partial charge is 0.494 e. The Morgan fingerprint density at radius 2 is 2.00 bits per heavy atom. The molecule has 0 unspecified atom stereocenters. The highest BCUT2D eigenvalue weighted by Gasteiger charge is 2.09. The minimum Gasteiger partial charge on any atom is -0.494 e. The van der Waals surface area contributed by atoms with Gasteiger partial charge in [0.25, 0.3) is 0 Å². The van der Waals surface area contributed by atoms with Gasteiger partial charge in [-0.05, 0) is 30.7 Å². The molecule has 0 atom stereocenters. The number of hydrogen-bond donors (Lipinski definition) is 1. The lowest BCUT2D eigenvalue weighted by atomic mass is 10.1. The van der Waals surface area contributed by atoms with Crippen molar-refractivity contribution in [3.8, 4) is 16.9 Å². The molecule has 0 aliphatic heterocycles. The highest BCUT2D eigenvalue weighted by Crippen LogP contribution is 2.31. The quantitative estimate of drug-likeness (QED) is 0.810. The Hall–Kier alpha value is -2.10. The van der Waals surface area contributed by atoms with E-state index < -0.39 is 5.82 Å². The molecule has 0 aliphatic rings. The van der Waals surface area contributed by atoms with Gasteiger partial charge in [-0.25, -0.2) is 4.39 Å². The average Bonchev–Trinajstić information content (AvgIpc) is 2.33. The van der Waals surface area contributed by atoms with Crippen molar-refractivity contribution in [2.75, 3.05) is 12.8 Å². The first-order valence-electron chi connectivity index (χ1n) is 5.18. The van der Waals surface area contributed by atoms with Crippen LogP contribution in [-0.4, -0.2) is 12.1 Å². The van der Waals surface area contributed by atoms with Crippen LogP contribution >= 0.6 is 0 Å². The highest BCUT2D eigenvalue weighted by molar-refractivity contribution is 5.69. The second-order valence-corrected chi connectivity index (χ2v) is 3.76. The predicted octanol–water partition coefficient (Wildman–Crippen LogP) is 2.79. The number of rotatable bonds is 2. The molecule has 0 saturated carbocycles. The molecule has 0 fully saturated rings. The predicted molar refractivity (Wildman–Crippen MR) is 65.3 cm³/mol. The van der Waals surface area contributed by atoms with Gasteiger partial charge in [0.2, 0.25) is 0 Å². The van der Waals surface area contributed by atoms with Crippen LogP contribution in [0.1, 0.15) is 5.69 Å². The van der Waals surface area contributed by atoms with E-state index in [1.165, 1.54) is 13.2 Å². The van der Waals surface area contributed by atoms with Gasteiger partial charge in [-0.2, -0.15) is 0 Å². The summed E-state index contributed by atoms with van der Waals surface area (Å²) in [6.07, 6.45) is 1.69. The van der Waals surface area contributed by atoms with Crippen molar-refractivity contribution in [3.05, 3.63) is 42.0 Å². The van der Waals surface area contributed by atoms with Crippen molar-refractivity contribution >= 4 is 5.69 Å². The van der Waals surface area contributed by atoms with Gasteiger partial charge in [0, 0.05) is 17.5 Å². The summed E-state index contributed by atoms with van der Waals surface area (Å²) in [5.41, 5.74) is 8.01. The molecule has 4 heteroatoms. The maximum Gasteiger partial charge on any atom is 0.150 e. The highest BCUT2D eigenvalue weighted by atomic mass is 19.1. The molecule has 17 heavy (non-hydrogen) atoms. The molecule has 0 aliphatic carbocycles. The summed E-state index contributed by atoms with van der Waals surface area (Å²) in [7, 11) is 1.46. The van der Waals surface area contributed by atoms with Crippen molar-refractivity contribution in [3.63, 3.8) is 0 Å². The maximum absolute atomic E-state index is 13.6. The number of benzene rings is 1. The zero-order valence-corrected chi connectivity index (χ0v) is 9.70. The van der Waals surface area contributed by atoms with Crippen molar-refractivity contribution in [1.82, 2.24) is 4.98 Å². The van der Waals surface area contributed by atoms with E-state index in [0.29, 0.717) is 11.3 Å². The number of halogens is 1. The zero-order valence-electron chi connectivity index (χ0n) is 9.70. The minimum absolute atomic E-state index is 0.0244. The molecule has 0 radical (unpaired) electrons. The Kier molecular flexibility index (Phi) is 2.95. The van der Waals surface area contributed by atoms with Crippen LogP contribution in [0.4, 0.5) is 10.1 Å². The summed E-state index contributed by atoms with van der Waals surface area (Å²) >= 11 is 0. The Morgan fingerprint density at radius 1 is 1.24 bits per heavy atom. The van der Waals surface area contributed by atoms with Crippen molar-refractivity contribution < 1.29 is 9.13 Å². The second kappa shape index (κ2) is 4.41. The summed E-state index contributed by atoms with van der Waals surface area (Å²) in [5.74, 6) is -0.152. The third-order valence-corrected chi connectivity index (χ3v) is 2.56. The molecule has 0 saturated heterocycles. The van der Waals surface area contributed by atoms with Crippen LogP contribution in [0.5, 0.6) is 5.75 Å². The second-order valence-electron chi connectivity index (χ2n) is 3.76. The smallest absolute Gasteiger partial charge is 0.150 e. The number of pyridine rings is 1. The summed E-state index contributed by atoms with van der Waals surface area (Å²) in [5, 5.41) is 0. The van der Waals surface area contributed by atoms with Crippen molar-refractivity contribution in [1.29, 1.82) is 0 Å². The number of aryl methyl sites for hydroxylation is 1. The monoisotopic (exact) mass is 232 g/mol. The van der Waals surface area contributed by atoms with E-state index in [0.717, 1.165) is 11.3 Å². The van der Waals surface area contributed by atoms with Crippen LogP contribution in [0, 0.1) is 12.7 Å². The van der Waals surface area contributed by atoms with Gasteiger partial charge in [0.1, 0.15) is 11.4 Å². The third kappa shape index (κ3) is 2.20. The van der Waals surface area contributed by atoms with Crippen molar-refractivity contribution in [2.45, 2.75) is 6.92 Å². The number of nitrogen functional groups attached to an aromatic ring is 1. The van der Waals surface area contributed by atoms with Gasteiger partial charge in [0.15, 0.2) is 5.82 Å². The topological polar surface area (TPSA) is 48.1 Å². The molecule has 2 aromatic rings. The Balaban J connectivity index is 2.52. The third-order valence-electron chi connectivity index (χ3n) is 2.56. The van der Waals surface area contributed by atoms with Crippen LogP contribution in [0.15, 0.2) is 30.5 Å². The normalized spacial score (nSPS) is 10.3. The molecule has 0 spiro atoms. The van der Waals surface area contributed by atoms with E-state index in [9.17, 15) is 4.39 Å². The lowest BCUT2D eigenvalue weighted by Gasteiger charge is -2.09. The van der Waals surface area contributed by atoms with E-state index in [1.54, 1.807) is 12.3 Å². The number of hydrogen-bond acceptors (Lipinski definition) is 3. The first-order chi connectivity index (χ1) is 8.11. The number of anilines is 1. The Labute approximate surface area is 99.1 Å². The molecule has 2 rings (SSSR count). The number of nitrogens with zero attached hydrogens (tertiary/aromatic N) is 1. The summed E-state index contributed by atoms with van der Waals surface area (Å²) in [6, 6.07) is 6.83. The molecular formula is C13H13FN2O. The van der Waals surface area contributed by atoms with E-state index >= 15 is 0 Å². The summed E-state index contributed by atoms with van der Waals surface area (Å²) in [6.45, 7) is 1.90. The molecule has 1 heterocycles. The Bertz CT molecular complexity index is 538. The van der Waals surface area contributed by atoms with Gasteiger partial charge in [0.05, 0.1) is 7.11 Å². The molecule has 1 aromatic heterocycles. The molecule has 0 bridgehead atoms. The van der Waals surface area contributed by atoms with Gasteiger partial charge in [-0.3, -0.25) is 4.98 Å². The van der Waals surface area contributed by atoms with Crippen LogP contribution in [-0.2, 0) is 0 Å². The molecule has 3 nitrogen and oxygen atoms in total. The average molecular weight is 232 g/mol. The minimum atomic E-state index is -0.486. The first kappa shape index (κ1) is 11.4. The number of aromatic nitrogens is 1. The number of methoxy groups -OCH3 is 1. The standard InChI is InChI=1S/C13H13FN2O/c1-8-3-4-9(7-16-8)10-5-11(14)13(15)12(6-10)17-2/h3-7H,15H2,1-2H3. The molecule has 88 valence electrons. The van der Waals surface area contributed by atoms with E-state index in [-0.39, 0.29) is 5.69 Å². The lowest BCUT2D eigenvalue weighted by molar-refractivity contribution is 0.414. The van der Waals surface area contributed by atoms with Crippen LogP contribution in [0.2, 0.25) is 0 Å². The van der Waals surface area contributed by atoms with Gasteiger partial charge in [-0.15, -0.1) is 0 Å². The van der Waals surface area contributed by atoms with Crippen LogP contribution in [0.25, 0.3) is 11.1 Å². The zero-order chi connectivity index (χ0) is 12.4. The molecule has 2 N–H and O–H groups in total. The summed E-state index contributed by atoms with van der Waals surface area (Å²) < 4.78 is 18.6. The fourth-order valence-corrected chi connectivity index (χ4v) is 1.57. The van der Waals surface area contributed by atoms with Gasteiger partial charge >= 0.3 is 0 Å². The van der Waals surface area contributed by atoms with Crippen LogP contribution < -0.4 is 10.5 Å². The molecular weight excluding hydrogens is 219 g/mol. The fraction of sp³-hybridized carbons (Fsp3) is 0.154. The van der Waals surface area contributed by atoms with E-state index in [4.69, 9.17) is 10.5 Å². The van der Waals surface area contributed by atoms with E-state index in [2.05, 4.69) is 4.98 Å². The van der Waals surface area contributed by atoms with E-state index in [1.807, 2.05) is 19.1 Å². The lowest BCUT2D eigenvalue weighted by Crippen LogP contribution is -1.97.